The highest BCUT2D eigenvalue weighted by molar-refractivity contribution is 5.21. The van der Waals surface area contributed by atoms with Gasteiger partial charge in [0.2, 0.25) is 0 Å². The maximum atomic E-state index is 13.7. The third-order valence-corrected chi connectivity index (χ3v) is 3.05. The van der Waals surface area contributed by atoms with Crippen LogP contribution in [-0.2, 0) is 13.5 Å². The van der Waals surface area contributed by atoms with E-state index < -0.39 is 0 Å². The molecule has 18 heavy (non-hydrogen) atoms. The Morgan fingerprint density at radius 2 is 2.11 bits per heavy atom. The Kier molecular flexibility index (Phi) is 4.10. The fraction of sp³-hybridized carbons (Fsp3) is 0.357. The minimum Gasteiger partial charge on any atom is -0.309 e. The molecule has 0 saturated carbocycles. The molecule has 1 atom stereocenters. The topological polar surface area (TPSA) is 29.9 Å². The van der Waals surface area contributed by atoms with Gasteiger partial charge in [-0.15, -0.1) is 0 Å². The van der Waals surface area contributed by atoms with Crippen LogP contribution < -0.4 is 5.32 Å². The summed E-state index contributed by atoms with van der Waals surface area (Å²) in [6.07, 6.45) is 2.39. The third kappa shape index (κ3) is 2.76. The molecule has 0 amide bonds. The zero-order valence-electron chi connectivity index (χ0n) is 10.7. The Bertz CT molecular complexity index is 507. The number of hydrogen-bond acceptors (Lipinski definition) is 2. The highest BCUT2D eigenvalue weighted by atomic mass is 19.1. The molecule has 1 unspecified atom stereocenters. The minimum atomic E-state index is -0.150. The quantitative estimate of drug-likeness (QED) is 0.879. The van der Waals surface area contributed by atoms with E-state index in [1.165, 1.54) is 6.07 Å². The molecule has 0 aliphatic heterocycles. The summed E-state index contributed by atoms with van der Waals surface area (Å²) in [6, 6.07) is 8.96. The predicted octanol–water partition coefficient (Wildman–Crippen LogP) is 2.45. The van der Waals surface area contributed by atoms with E-state index in [1.54, 1.807) is 12.3 Å². The summed E-state index contributed by atoms with van der Waals surface area (Å²) in [5.74, 6) is -0.150. The summed E-state index contributed by atoms with van der Waals surface area (Å²) < 4.78 is 15.5. The van der Waals surface area contributed by atoms with Gasteiger partial charge in [-0.2, -0.15) is 5.10 Å². The average Bonchev–Trinajstić information content (AvgIpc) is 2.78. The number of benzene rings is 1. The molecule has 0 spiro atoms. The monoisotopic (exact) mass is 247 g/mol. The highest BCUT2D eigenvalue weighted by Gasteiger charge is 2.16. The lowest BCUT2D eigenvalue weighted by Gasteiger charge is -2.18. The van der Waals surface area contributed by atoms with Gasteiger partial charge in [-0.25, -0.2) is 4.39 Å². The van der Waals surface area contributed by atoms with Gasteiger partial charge >= 0.3 is 0 Å². The molecule has 2 rings (SSSR count). The van der Waals surface area contributed by atoms with E-state index >= 15 is 0 Å². The van der Waals surface area contributed by atoms with Crippen LogP contribution in [0.15, 0.2) is 36.5 Å². The first-order valence-electron chi connectivity index (χ1n) is 6.17. The lowest BCUT2D eigenvalue weighted by Crippen LogP contribution is -2.25. The normalized spacial score (nSPS) is 12.6. The number of likely N-dealkylation sites (N-methyl/N-ethyl adjacent to an activating group) is 1. The van der Waals surface area contributed by atoms with Crippen molar-refractivity contribution in [3.8, 4) is 0 Å². The number of rotatable bonds is 5. The van der Waals surface area contributed by atoms with Gasteiger partial charge in [0.25, 0.3) is 0 Å². The Morgan fingerprint density at radius 3 is 2.72 bits per heavy atom. The van der Waals surface area contributed by atoms with Crippen molar-refractivity contribution in [2.75, 3.05) is 6.54 Å². The van der Waals surface area contributed by atoms with Gasteiger partial charge in [0.05, 0.1) is 11.7 Å². The van der Waals surface area contributed by atoms with E-state index in [0.29, 0.717) is 6.42 Å². The van der Waals surface area contributed by atoms with Gasteiger partial charge in [0, 0.05) is 13.2 Å². The number of halogens is 1. The van der Waals surface area contributed by atoms with E-state index in [9.17, 15) is 4.39 Å². The summed E-state index contributed by atoms with van der Waals surface area (Å²) >= 11 is 0. The van der Waals surface area contributed by atoms with Gasteiger partial charge < -0.3 is 5.32 Å². The SMILES string of the molecule is CCNC(Cc1ccccc1F)c1ccnn1C. The number of nitrogens with zero attached hydrogens (tertiary/aromatic N) is 2. The summed E-state index contributed by atoms with van der Waals surface area (Å²) in [6.45, 7) is 2.88. The maximum absolute atomic E-state index is 13.7. The fourth-order valence-corrected chi connectivity index (χ4v) is 2.14. The van der Waals surface area contributed by atoms with Crippen molar-refractivity contribution in [1.29, 1.82) is 0 Å². The van der Waals surface area contributed by atoms with Gasteiger partial charge in [-0.05, 0) is 30.7 Å². The third-order valence-electron chi connectivity index (χ3n) is 3.05. The van der Waals surface area contributed by atoms with Crippen molar-refractivity contribution in [2.24, 2.45) is 7.05 Å². The van der Waals surface area contributed by atoms with Crippen LogP contribution in [0, 0.1) is 5.82 Å². The van der Waals surface area contributed by atoms with Crippen molar-refractivity contribution in [2.45, 2.75) is 19.4 Å². The molecule has 1 aromatic heterocycles. The molecule has 0 saturated heterocycles. The van der Waals surface area contributed by atoms with E-state index in [-0.39, 0.29) is 11.9 Å². The number of nitrogens with one attached hydrogen (secondary N) is 1. The van der Waals surface area contributed by atoms with Crippen LogP contribution in [-0.4, -0.2) is 16.3 Å². The van der Waals surface area contributed by atoms with Gasteiger partial charge in [-0.1, -0.05) is 25.1 Å². The van der Waals surface area contributed by atoms with Gasteiger partial charge in [-0.3, -0.25) is 4.68 Å². The second-order valence-corrected chi connectivity index (χ2v) is 4.29. The molecule has 0 bridgehead atoms. The predicted molar refractivity (Wildman–Crippen MR) is 69.7 cm³/mol. The second kappa shape index (κ2) is 5.78. The van der Waals surface area contributed by atoms with E-state index in [1.807, 2.05) is 36.9 Å². The van der Waals surface area contributed by atoms with Crippen LogP contribution in [0.5, 0.6) is 0 Å². The van der Waals surface area contributed by atoms with Crippen LogP contribution in [0.4, 0.5) is 4.39 Å². The van der Waals surface area contributed by atoms with Crippen LogP contribution in [0.3, 0.4) is 0 Å². The number of aromatic nitrogens is 2. The van der Waals surface area contributed by atoms with Crippen LogP contribution in [0.1, 0.15) is 24.2 Å². The molecule has 0 radical (unpaired) electrons. The molecule has 4 heteroatoms. The fourth-order valence-electron chi connectivity index (χ4n) is 2.14. The smallest absolute Gasteiger partial charge is 0.126 e. The summed E-state index contributed by atoms with van der Waals surface area (Å²) in [5, 5.41) is 7.54. The van der Waals surface area contributed by atoms with Crippen molar-refractivity contribution >= 4 is 0 Å². The van der Waals surface area contributed by atoms with Gasteiger partial charge in [0.1, 0.15) is 5.82 Å². The van der Waals surface area contributed by atoms with Crippen molar-refractivity contribution in [3.05, 3.63) is 53.6 Å². The Hall–Kier alpha value is -1.68. The average molecular weight is 247 g/mol. The summed E-state index contributed by atoms with van der Waals surface area (Å²) in [4.78, 5) is 0. The molecule has 0 aliphatic carbocycles. The molecule has 1 heterocycles. The number of aryl methyl sites for hydroxylation is 1. The van der Waals surface area contributed by atoms with Crippen molar-refractivity contribution < 1.29 is 4.39 Å². The van der Waals surface area contributed by atoms with E-state index in [0.717, 1.165) is 17.8 Å². The van der Waals surface area contributed by atoms with Crippen molar-refractivity contribution in [3.63, 3.8) is 0 Å². The Balaban J connectivity index is 2.22. The second-order valence-electron chi connectivity index (χ2n) is 4.29. The lowest BCUT2D eigenvalue weighted by atomic mass is 10.0. The van der Waals surface area contributed by atoms with Gasteiger partial charge in [0.15, 0.2) is 0 Å². The molecule has 1 aromatic carbocycles. The number of hydrogen-bond donors (Lipinski definition) is 1. The summed E-state index contributed by atoms with van der Waals surface area (Å²) in [5.41, 5.74) is 1.80. The standard InChI is InChI=1S/C14H18FN3/c1-3-16-13(14-8-9-17-18(14)2)10-11-6-4-5-7-12(11)15/h4-9,13,16H,3,10H2,1-2H3. The molecule has 2 aromatic rings. The maximum Gasteiger partial charge on any atom is 0.126 e. The Labute approximate surface area is 107 Å². The van der Waals surface area contributed by atoms with E-state index in [4.69, 9.17) is 0 Å². The van der Waals surface area contributed by atoms with E-state index in [2.05, 4.69) is 10.4 Å². The van der Waals surface area contributed by atoms with Crippen molar-refractivity contribution in [1.82, 2.24) is 15.1 Å². The Morgan fingerprint density at radius 1 is 1.33 bits per heavy atom. The van der Waals surface area contributed by atoms with Crippen LogP contribution in [0.2, 0.25) is 0 Å². The first-order valence-corrected chi connectivity index (χ1v) is 6.17. The largest absolute Gasteiger partial charge is 0.309 e. The first kappa shape index (κ1) is 12.8. The molecule has 3 nitrogen and oxygen atoms in total. The first-order chi connectivity index (χ1) is 8.72. The minimum absolute atomic E-state index is 0.0828. The zero-order chi connectivity index (χ0) is 13.0. The molecule has 0 fully saturated rings. The molecule has 96 valence electrons. The highest BCUT2D eigenvalue weighted by Crippen LogP contribution is 2.19. The van der Waals surface area contributed by atoms with Crippen LogP contribution >= 0.6 is 0 Å². The molecular formula is C14H18FN3. The summed E-state index contributed by atoms with van der Waals surface area (Å²) in [7, 11) is 1.90. The molecular weight excluding hydrogens is 229 g/mol. The van der Waals surface area contributed by atoms with Crippen LogP contribution in [0.25, 0.3) is 0 Å². The molecule has 1 N–H and O–H groups in total. The molecule has 0 aliphatic rings. The zero-order valence-corrected chi connectivity index (χ0v) is 10.7. The lowest BCUT2D eigenvalue weighted by molar-refractivity contribution is 0.495.